The molecule has 4 aromatic rings. The minimum absolute atomic E-state index is 0.203. The number of nitrogens with one attached hydrogen (secondary N) is 1. The molecule has 0 radical (unpaired) electrons. The molecule has 0 spiro atoms. The van der Waals surface area contributed by atoms with Crippen molar-refractivity contribution in [3.63, 3.8) is 0 Å². The van der Waals surface area contributed by atoms with Gasteiger partial charge in [0.25, 0.3) is 5.91 Å². The fraction of sp³-hybridized carbons (Fsp3) is 0.118. The first-order chi connectivity index (χ1) is 12.8. The maximum atomic E-state index is 12.2. The summed E-state index contributed by atoms with van der Waals surface area (Å²) in [5, 5.41) is 15.1. The van der Waals surface area contributed by atoms with Crippen LogP contribution in [0.3, 0.4) is 0 Å². The van der Waals surface area contributed by atoms with Gasteiger partial charge in [0, 0.05) is 6.54 Å². The number of thiophene rings is 1. The second-order valence-electron chi connectivity index (χ2n) is 5.27. The van der Waals surface area contributed by atoms with Crippen molar-refractivity contribution in [2.24, 2.45) is 0 Å². The molecular weight excluding hydrogens is 386 g/mol. The van der Waals surface area contributed by atoms with Gasteiger partial charge < -0.3 is 5.32 Å². The molecule has 0 saturated carbocycles. The predicted octanol–water partition coefficient (Wildman–Crippen LogP) is 3.77. The van der Waals surface area contributed by atoms with Crippen molar-refractivity contribution in [2.45, 2.75) is 17.3 Å². The molecule has 9 heteroatoms. The summed E-state index contributed by atoms with van der Waals surface area (Å²) >= 11 is 4.51. The lowest BCUT2D eigenvalue weighted by molar-refractivity contribution is 0.0950. The molecule has 26 heavy (non-hydrogen) atoms. The van der Waals surface area contributed by atoms with E-state index in [1.807, 2.05) is 41.8 Å². The van der Waals surface area contributed by atoms with E-state index in [0.29, 0.717) is 17.3 Å². The largest absolute Gasteiger partial charge is 0.346 e. The van der Waals surface area contributed by atoms with Crippen LogP contribution in [0.2, 0.25) is 0 Å². The maximum absolute atomic E-state index is 12.2. The zero-order chi connectivity index (χ0) is 17.8. The van der Waals surface area contributed by atoms with E-state index < -0.39 is 0 Å². The van der Waals surface area contributed by atoms with Crippen molar-refractivity contribution < 1.29 is 4.79 Å². The first kappa shape index (κ1) is 17.1. The van der Waals surface area contributed by atoms with Crippen LogP contribution in [-0.2, 0) is 12.3 Å². The second-order valence-corrected chi connectivity index (χ2v) is 8.21. The van der Waals surface area contributed by atoms with Gasteiger partial charge in [0.2, 0.25) is 5.01 Å². The van der Waals surface area contributed by atoms with E-state index in [9.17, 15) is 4.79 Å². The molecule has 0 bridgehead atoms. The van der Waals surface area contributed by atoms with Gasteiger partial charge in [-0.25, -0.2) is 9.97 Å². The van der Waals surface area contributed by atoms with Gasteiger partial charge in [-0.2, -0.15) is 0 Å². The Morgan fingerprint density at radius 1 is 1.12 bits per heavy atom. The molecule has 3 heterocycles. The highest BCUT2D eigenvalue weighted by molar-refractivity contribution is 7.98. The number of fused-ring (bicyclic) bond motifs is 1. The van der Waals surface area contributed by atoms with E-state index in [2.05, 4.69) is 25.5 Å². The minimum atomic E-state index is -0.203. The van der Waals surface area contributed by atoms with Gasteiger partial charge in [-0.15, -0.1) is 21.5 Å². The van der Waals surface area contributed by atoms with Gasteiger partial charge in [0.1, 0.15) is 16.4 Å². The van der Waals surface area contributed by atoms with E-state index in [4.69, 9.17) is 0 Å². The predicted molar refractivity (Wildman–Crippen MR) is 104 cm³/mol. The molecule has 0 aliphatic rings. The van der Waals surface area contributed by atoms with E-state index in [0.717, 1.165) is 25.8 Å². The molecule has 0 unspecified atom stereocenters. The molecule has 0 atom stereocenters. The first-order valence-electron chi connectivity index (χ1n) is 7.75. The molecule has 0 aliphatic carbocycles. The highest BCUT2D eigenvalue weighted by Gasteiger charge is 2.14. The Kier molecular flexibility index (Phi) is 5.19. The van der Waals surface area contributed by atoms with Crippen LogP contribution >= 0.6 is 34.4 Å². The van der Waals surface area contributed by atoms with Crippen LogP contribution in [0.15, 0.2) is 53.1 Å². The topological polar surface area (TPSA) is 80.7 Å². The zero-order valence-electron chi connectivity index (χ0n) is 13.5. The van der Waals surface area contributed by atoms with Gasteiger partial charge in [-0.05, 0) is 17.0 Å². The Hall–Kier alpha value is -2.36. The zero-order valence-corrected chi connectivity index (χ0v) is 15.9. The Bertz CT molecular complexity index is 1030. The van der Waals surface area contributed by atoms with E-state index in [1.54, 1.807) is 29.4 Å². The van der Waals surface area contributed by atoms with Crippen molar-refractivity contribution in [2.75, 3.05) is 0 Å². The molecule has 1 amide bonds. The average molecular weight is 400 g/mol. The van der Waals surface area contributed by atoms with Gasteiger partial charge >= 0.3 is 0 Å². The van der Waals surface area contributed by atoms with Crippen LogP contribution in [0.25, 0.3) is 10.2 Å². The Morgan fingerprint density at radius 3 is 2.88 bits per heavy atom. The molecule has 4 rings (SSSR count). The van der Waals surface area contributed by atoms with Gasteiger partial charge in [0.05, 0.1) is 16.0 Å². The van der Waals surface area contributed by atoms with Crippen molar-refractivity contribution >= 4 is 50.6 Å². The molecule has 130 valence electrons. The number of aromatic nitrogens is 4. The number of benzene rings is 1. The van der Waals surface area contributed by atoms with E-state index in [-0.39, 0.29) is 5.91 Å². The summed E-state index contributed by atoms with van der Waals surface area (Å²) in [6.07, 6.45) is 1.57. The Morgan fingerprint density at radius 2 is 2.00 bits per heavy atom. The van der Waals surface area contributed by atoms with Crippen LogP contribution in [0.4, 0.5) is 0 Å². The third kappa shape index (κ3) is 3.90. The van der Waals surface area contributed by atoms with Crippen LogP contribution in [0.1, 0.15) is 20.4 Å². The number of hydrogen-bond acceptors (Lipinski definition) is 8. The van der Waals surface area contributed by atoms with E-state index >= 15 is 0 Å². The standard InChI is InChI=1S/C17H13N5OS3/c23-15(18-8-11-4-2-1-3-5-11)17-22-21-13(26-17)9-25-16-14-12(6-7-24-14)19-10-20-16/h1-7,10H,8-9H2,(H,18,23). The monoisotopic (exact) mass is 399 g/mol. The number of hydrogen-bond donors (Lipinski definition) is 1. The number of rotatable bonds is 6. The molecule has 1 N–H and O–H groups in total. The maximum Gasteiger partial charge on any atom is 0.282 e. The van der Waals surface area contributed by atoms with Crippen LogP contribution in [-0.4, -0.2) is 26.1 Å². The first-order valence-corrected chi connectivity index (χ1v) is 10.4. The van der Waals surface area contributed by atoms with Gasteiger partial charge in [-0.3, -0.25) is 4.79 Å². The molecule has 3 aromatic heterocycles. The van der Waals surface area contributed by atoms with Crippen molar-refractivity contribution in [1.82, 2.24) is 25.5 Å². The number of amides is 1. The Labute approximate surface area is 161 Å². The number of nitrogens with zero attached hydrogens (tertiary/aromatic N) is 4. The van der Waals surface area contributed by atoms with Gasteiger partial charge in [0.15, 0.2) is 0 Å². The van der Waals surface area contributed by atoms with Crippen molar-refractivity contribution in [3.8, 4) is 0 Å². The lowest BCUT2D eigenvalue weighted by Crippen LogP contribution is -2.22. The minimum Gasteiger partial charge on any atom is -0.346 e. The second kappa shape index (κ2) is 7.90. The SMILES string of the molecule is O=C(NCc1ccccc1)c1nnc(CSc2ncnc3ccsc23)s1. The number of thioether (sulfide) groups is 1. The summed E-state index contributed by atoms with van der Waals surface area (Å²) < 4.78 is 1.07. The Balaban J connectivity index is 1.37. The lowest BCUT2D eigenvalue weighted by Gasteiger charge is -2.02. The fourth-order valence-corrected chi connectivity index (χ4v) is 4.95. The number of carbonyl (C=O) groups excluding carboxylic acids is 1. The lowest BCUT2D eigenvalue weighted by atomic mass is 10.2. The average Bonchev–Trinajstić information content (AvgIpc) is 3.35. The highest BCUT2D eigenvalue weighted by Crippen LogP contribution is 2.31. The van der Waals surface area contributed by atoms with Crippen LogP contribution in [0.5, 0.6) is 0 Å². The summed E-state index contributed by atoms with van der Waals surface area (Å²) in [7, 11) is 0. The summed E-state index contributed by atoms with van der Waals surface area (Å²) in [5.41, 5.74) is 2.00. The third-order valence-electron chi connectivity index (χ3n) is 3.50. The molecule has 0 saturated heterocycles. The van der Waals surface area contributed by atoms with Crippen LogP contribution in [0, 0.1) is 0 Å². The molecule has 6 nitrogen and oxygen atoms in total. The molecule has 1 aromatic carbocycles. The normalized spacial score (nSPS) is 10.9. The third-order valence-corrected chi connectivity index (χ3v) is 6.64. The van der Waals surface area contributed by atoms with E-state index in [1.165, 1.54) is 11.3 Å². The summed E-state index contributed by atoms with van der Waals surface area (Å²) in [6.45, 7) is 0.473. The van der Waals surface area contributed by atoms with Crippen molar-refractivity contribution in [3.05, 3.63) is 63.7 Å². The summed E-state index contributed by atoms with van der Waals surface area (Å²) in [6, 6.07) is 11.7. The van der Waals surface area contributed by atoms with Crippen molar-refractivity contribution in [1.29, 1.82) is 0 Å². The smallest absolute Gasteiger partial charge is 0.282 e. The molecule has 0 fully saturated rings. The summed E-state index contributed by atoms with van der Waals surface area (Å²) in [4.78, 5) is 20.8. The molecule has 0 aliphatic heterocycles. The van der Waals surface area contributed by atoms with Gasteiger partial charge in [-0.1, -0.05) is 53.4 Å². The quantitative estimate of drug-likeness (QED) is 0.393. The number of carbonyl (C=O) groups is 1. The fourth-order valence-electron chi connectivity index (χ4n) is 2.26. The van der Waals surface area contributed by atoms with Crippen LogP contribution < -0.4 is 5.32 Å². The molecular formula is C17H13N5OS3. The summed E-state index contributed by atoms with van der Waals surface area (Å²) in [5.74, 6) is 0.415. The highest BCUT2D eigenvalue weighted by atomic mass is 32.2.